The van der Waals surface area contributed by atoms with Crippen LogP contribution in [0.4, 0.5) is 0 Å². The highest BCUT2D eigenvalue weighted by Gasteiger charge is 2.10. The molecule has 108 valence electrons. The monoisotopic (exact) mass is 274 g/mol. The summed E-state index contributed by atoms with van der Waals surface area (Å²) in [6.07, 6.45) is 0.704. The number of aliphatic hydroxyl groups excluding tert-OH is 1. The van der Waals surface area contributed by atoms with Crippen molar-refractivity contribution >= 4 is 16.8 Å². The molecule has 2 rings (SSSR count). The minimum Gasteiger partial charge on any atom is -0.396 e. The second-order valence-corrected chi connectivity index (χ2v) is 5.46. The fourth-order valence-electron chi connectivity index (χ4n) is 2.29. The number of aromatic amines is 1. The summed E-state index contributed by atoms with van der Waals surface area (Å²) in [6, 6.07) is 5.71. The summed E-state index contributed by atoms with van der Waals surface area (Å²) in [5.74, 6) is 0.221. The molecule has 1 amide bonds. The first-order valence-electron chi connectivity index (χ1n) is 7.01. The van der Waals surface area contributed by atoms with Crippen LogP contribution in [-0.4, -0.2) is 29.1 Å². The summed E-state index contributed by atoms with van der Waals surface area (Å²) >= 11 is 0. The third kappa shape index (κ3) is 3.02. The van der Waals surface area contributed by atoms with Gasteiger partial charge in [0.2, 0.25) is 0 Å². The number of aryl methyl sites for hydroxylation is 2. The Morgan fingerprint density at radius 3 is 2.85 bits per heavy atom. The van der Waals surface area contributed by atoms with Crippen LogP contribution in [0, 0.1) is 19.8 Å². The molecule has 3 N–H and O–H groups in total. The van der Waals surface area contributed by atoms with Crippen molar-refractivity contribution in [2.45, 2.75) is 27.2 Å². The van der Waals surface area contributed by atoms with E-state index in [1.807, 2.05) is 32.0 Å². The molecule has 2 aromatic rings. The van der Waals surface area contributed by atoms with Gasteiger partial charge in [0.05, 0.1) is 0 Å². The number of aliphatic hydroxyl groups is 1. The predicted molar refractivity (Wildman–Crippen MR) is 81.0 cm³/mol. The summed E-state index contributed by atoms with van der Waals surface area (Å²) in [5, 5.41) is 12.9. The van der Waals surface area contributed by atoms with E-state index in [1.165, 1.54) is 5.56 Å². The standard InChI is InChI=1S/C16H22N2O2/c1-10(6-7-19)9-17-16(20)13-4-5-15-14(8-13)11(2)12(3)18-15/h4-5,8,10,18-19H,6-7,9H2,1-3H3,(H,17,20). The summed E-state index contributed by atoms with van der Waals surface area (Å²) in [4.78, 5) is 15.4. The molecule has 0 bridgehead atoms. The second-order valence-electron chi connectivity index (χ2n) is 5.46. The topological polar surface area (TPSA) is 65.1 Å². The van der Waals surface area contributed by atoms with E-state index >= 15 is 0 Å². The van der Waals surface area contributed by atoms with Gasteiger partial charge < -0.3 is 15.4 Å². The van der Waals surface area contributed by atoms with Gasteiger partial charge in [-0.1, -0.05) is 6.92 Å². The average molecular weight is 274 g/mol. The van der Waals surface area contributed by atoms with Gasteiger partial charge in [-0.05, 0) is 49.9 Å². The maximum atomic E-state index is 12.1. The largest absolute Gasteiger partial charge is 0.396 e. The first-order chi connectivity index (χ1) is 9.52. The van der Waals surface area contributed by atoms with Crippen LogP contribution in [0.5, 0.6) is 0 Å². The average Bonchev–Trinajstić information content (AvgIpc) is 2.71. The Morgan fingerprint density at radius 2 is 2.15 bits per heavy atom. The second kappa shape index (κ2) is 6.09. The van der Waals surface area contributed by atoms with Crippen LogP contribution in [0.25, 0.3) is 10.9 Å². The zero-order valence-electron chi connectivity index (χ0n) is 12.3. The highest BCUT2D eigenvalue weighted by molar-refractivity contribution is 5.99. The molecule has 1 atom stereocenters. The Morgan fingerprint density at radius 1 is 1.40 bits per heavy atom. The molecule has 4 heteroatoms. The number of nitrogens with one attached hydrogen (secondary N) is 2. The van der Waals surface area contributed by atoms with Gasteiger partial charge in [0.25, 0.3) is 5.91 Å². The molecule has 0 saturated heterocycles. The van der Waals surface area contributed by atoms with E-state index in [9.17, 15) is 4.79 Å². The Bertz CT molecular complexity index is 616. The minimum absolute atomic E-state index is 0.0602. The number of aromatic nitrogens is 1. The van der Waals surface area contributed by atoms with Crippen molar-refractivity contribution in [3.8, 4) is 0 Å². The van der Waals surface area contributed by atoms with Gasteiger partial charge in [-0.2, -0.15) is 0 Å². The van der Waals surface area contributed by atoms with E-state index < -0.39 is 0 Å². The Balaban J connectivity index is 2.12. The molecule has 4 nitrogen and oxygen atoms in total. The molecule has 0 saturated carbocycles. The van der Waals surface area contributed by atoms with Crippen molar-refractivity contribution in [1.82, 2.24) is 10.3 Å². The van der Waals surface area contributed by atoms with Crippen molar-refractivity contribution in [2.75, 3.05) is 13.2 Å². The SMILES string of the molecule is Cc1[nH]c2ccc(C(=O)NCC(C)CCO)cc2c1C. The Kier molecular flexibility index (Phi) is 4.45. The maximum absolute atomic E-state index is 12.1. The summed E-state index contributed by atoms with van der Waals surface area (Å²) in [6.45, 7) is 6.84. The normalized spacial score (nSPS) is 12.6. The number of amides is 1. The number of carbonyl (C=O) groups excluding carboxylic acids is 1. The number of carbonyl (C=O) groups is 1. The number of benzene rings is 1. The van der Waals surface area contributed by atoms with E-state index in [-0.39, 0.29) is 18.4 Å². The number of hydrogen-bond donors (Lipinski definition) is 3. The van der Waals surface area contributed by atoms with Gasteiger partial charge in [0, 0.05) is 35.3 Å². The molecule has 1 unspecified atom stereocenters. The third-order valence-corrected chi connectivity index (χ3v) is 3.80. The lowest BCUT2D eigenvalue weighted by molar-refractivity contribution is 0.0945. The van der Waals surface area contributed by atoms with Gasteiger partial charge in [-0.25, -0.2) is 0 Å². The molecular formula is C16H22N2O2. The van der Waals surface area contributed by atoms with Crippen molar-refractivity contribution in [1.29, 1.82) is 0 Å². The van der Waals surface area contributed by atoms with E-state index in [0.29, 0.717) is 18.5 Å². The van der Waals surface area contributed by atoms with Crippen LogP contribution < -0.4 is 5.32 Å². The molecule has 1 heterocycles. The molecule has 1 aromatic carbocycles. The lowest BCUT2D eigenvalue weighted by Gasteiger charge is -2.11. The molecule has 0 aliphatic heterocycles. The lowest BCUT2D eigenvalue weighted by atomic mass is 10.1. The van der Waals surface area contributed by atoms with Gasteiger partial charge in [0.15, 0.2) is 0 Å². The smallest absolute Gasteiger partial charge is 0.251 e. The fraction of sp³-hybridized carbons (Fsp3) is 0.438. The van der Waals surface area contributed by atoms with Gasteiger partial charge in [-0.15, -0.1) is 0 Å². The summed E-state index contributed by atoms with van der Waals surface area (Å²) in [5.41, 5.74) is 4.05. The maximum Gasteiger partial charge on any atom is 0.251 e. The number of rotatable bonds is 5. The summed E-state index contributed by atoms with van der Waals surface area (Å²) < 4.78 is 0. The lowest BCUT2D eigenvalue weighted by Crippen LogP contribution is -2.28. The Labute approximate surface area is 119 Å². The molecule has 0 aliphatic carbocycles. The van der Waals surface area contributed by atoms with E-state index in [4.69, 9.17) is 5.11 Å². The van der Waals surface area contributed by atoms with E-state index in [0.717, 1.165) is 16.6 Å². The van der Waals surface area contributed by atoms with Crippen LogP contribution in [0.1, 0.15) is 35.0 Å². The highest BCUT2D eigenvalue weighted by Crippen LogP contribution is 2.22. The quantitative estimate of drug-likeness (QED) is 0.784. The van der Waals surface area contributed by atoms with Gasteiger partial charge in [-0.3, -0.25) is 4.79 Å². The van der Waals surface area contributed by atoms with Crippen molar-refractivity contribution in [2.24, 2.45) is 5.92 Å². The van der Waals surface area contributed by atoms with Crippen molar-refractivity contribution < 1.29 is 9.90 Å². The predicted octanol–water partition coefficient (Wildman–Crippen LogP) is 2.53. The highest BCUT2D eigenvalue weighted by atomic mass is 16.3. The molecule has 0 spiro atoms. The zero-order valence-corrected chi connectivity index (χ0v) is 12.3. The molecular weight excluding hydrogens is 252 g/mol. The summed E-state index contributed by atoms with van der Waals surface area (Å²) in [7, 11) is 0. The van der Waals surface area contributed by atoms with Crippen LogP contribution in [0.15, 0.2) is 18.2 Å². The van der Waals surface area contributed by atoms with Crippen LogP contribution >= 0.6 is 0 Å². The first kappa shape index (κ1) is 14.6. The van der Waals surface area contributed by atoms with Crippen LogP contribution in [0.2, 0.25) is 0 Å². The van der Waals surface area contributed by atoms with Gasteiger partial charge in [0.1, 0.15) is 0 Å². The fourth-order valence-corrected chi connectivity index (χ4v) is 2.29. The van der Waals surface area contributed by atoms with Crippen molar-refractivity contribution in [3.63, 3.8) is 0 Å². The molecule has 0 radical (unpaired) electrons. The van der Waals surface area contributed by atoms with Crippen molar-refractivity contribution in [3.05, 3.63) is 35.0 Å². The molecule has 0 fully saturated rings. The zero-order chi connectivity index (χ0) is 14.7. The van der Waals surface area contributed by atoms with Gasteiger partial charge >= 0.3 is 0 Å². The van der Waals surface area contributed by atoms with Crippen LogP contribution in [-0.2, 0) is 0 Å². The van der Waals surface area contributed by atoms with E-state index in [1.54, 1.807) is 0 Å². The number of H-pyrrole nitrogens is 1. The number of hydrogen-bond acceptors (Lipinski definition) is 2. The Hall–Kier alpha value is -1.81. The molecule has 1 aromatic heterocycles. The van der Waals surface area contributed by atoms with E-state index in [2.05, 4.69) is 17.2 Å². The van der Waals surface area contributed by atoms with Crippen LogP contribution in [0.3, 0.4) is 0 Å². The molecule has 0 aliphatic rings. The minimum atomic E-state index is -0.0602. The third-order valence-electron chi connectivity index (χ3n) is 3.80. The molecule has 20 heavy (non-hydrogen) atoms. The number of fused-ring (bicyclic) bond motifs is 1. The first-order valence-corrected chi connectivity index (χ1v) is 7.01.